The number of nitrogens with zero attached hydrogens (tertiary/aromatic N) is 2. The van der Waals surface area contributed by atoms with Gasteiger partial charge in [0.2, 0.25) is 5.91 Å². The summed E-state index contributed by atoms with van der Waals surface area (Å²) in [6, 6.07) is 1.34. The molecule has 0 aromatic carbocycles. The lowest BCUT2D eigenvalue weighted by molar-refractivity contribution is -0.122. The molecule has 1 aliphatic heterocycles. The number of nitrogens with two attached hydrogens (primary N) is 1. The number of piperidine rings is 1. The van der Waals surface area contributed by atoms with E-state index >= 15 is 0 Å². The summed E-state index contributed by atoms with van der Waals surface area (Å²) in [7, 11) is 0. The minimum absolute atomic E-state index is 0.132. The molecule has 5 heteroatoms. The largest absolute Gasteiger partial charge is 0.354 e. The van der Waals surface area contributed by atoms with E-state index in [4.69, 9.17) is 5.73 Å². The molecule has 0 saturated carbocycles. The minimum Gasteiger partial charge on any atom is -0.354 e. The second-order valence-electron chi connectivity index (χ2n) is 6.39. The lowest BCUT2D eigenvalue weighted by Gasteiger charge is -2.31. The first kappa shape index (κ1) is 17.4. The molecule has 1 amide bonds. The quantitative estimate of drug-likeness (QED) is 0.720. The molecular formula is C15H32N4O. The van der Waals surface area contributed by atoms with Crippen molar-refractivity contribution in [2.45, 2.75) is 58.7 Å². The SMILES string of the molecule is CC(C)N(CCNC(=O)CN1CCC(N)CC1)C(C)C. The summed E-state index contributed by atoms with van der Waals surface area (Å²) >= 11 is 0. The molecule has 1 fully saturated rings. The van der Waals surface area contributed by atoms with Gasteiger partial charge in [-0.25, -0.2) is 0 Å². The van der Waals surface area contributed by atoms with Gasteiger partial charge in [0, 0.05) is 44.3 Å². The van der Waals surface area contributed by atoms with Crippen molar-refractivity contribution in [1.29, 1.82) is 0 Å². The standard InChI is InChI=1S/C15H32N4O/c1-12(2)19(13(3)4)10-7-17-15(20)11-18-8-5-14(16)6-9-18/h12-14H,5-11,16H2,1-4H3,(H,17,20). The van der Waals surface area contributed by atoms with E-state index in [1.807, 2.05) is 0 Å². The molecule has 0 radical (unpaired) electrons. The van der Waals surface area contributed by atoms with Crippen molar-refractivity contribution < 1.29 is 4.79 Å². The zero-order chi connectivity index (χ0) is 15.1. The van der Waals surface area contributed by atoms with Gasteiger partial charge < -0.3 is 11.1 Å². The van der Waals surface area contributed by atoms with Gasteiger partial charge in [-0.1, -0.05) is 0 Å². The Labute approximate surface area is 123 Å². The van der Waals surface area contributed by atoms with Crippen molar-refractivity contribution in [2.75, 3.05) is 32.7 Å². The van der Waals surface area contributed by atoms with Gasteiger partial charge >= 0.3 is 0 Å². The average molecular weight is 284 g/mol. The molecule has 0 aliphatic carbocycles. The van der Waals surface area contributed by atoms with Crippen molar-refractivity contribution in [2.24, 2.45) is 5.73 Å². The molecule has 5 nitrogen and oxygen atoms in total. The van der Waals surface area contributed by atoms with Crippen molar-refractivity contribution >= 4 is 5.91 Å². The van der Waals surface area contributed by atoms with Crippen LogP contribution in [0, 0.1) is 0 Å². The zero-order valence-electron chi connectivity index (χ0n) is 13.6. The Morgan fingerprint density at radius 3 is 2.30 bits per heavy atom. The minimum atomic E-state index is 0.132. The third-order valence-electron chi connectivity index (χ3n) is 4.02. The van der Waals surface area contributed by atoms with E-state index in [1.54, 1.807) is 0 Å². The van der Waals surface area contributed by atoms with Gasteiger partial charge in [-0.15, -0.1) is 0 Å². The summed E-state index contributed by atoms with van der Waals surface area (Å²) in [5.74, 6) is 0.132. The van der Waals surface area contributed by atoms with Crippen molar-refractivity contribution in [3.05, 3.63) is 0 Å². The van der Waals surface area contributed by atoms with E-state index in [9.17, 15) is 4.79 Å². The van der Waals surface area contributed by atoms with Crippen LogP contribution in [0.1, 0.15) is 40.5 Å². The van der Waals surface area contributed by atoms with Crippen LogP contribution in [0.4, 0.5) is 0 Å². The molecule has 1 aliphatic rings. The number of rotatable bonds is 7. The second-order valence-corrected chi connectivity index (χ2v) is 6.39. The van der Waals surface area contributed by atoms with Crippen LogP contribution in [0.25, 0.3) is 0 Å². The van der Waals surface area contributed by atoms with Crippen molar-refractivity contribution in [3.63, 3.8) is 0 Å². The first-order valence-corrected chi connectivity index (χ1v) is 7.90. The molecule has 0 unspecified atom stereocenters. The molecule has 20 heavy (non-hydrogen) atoms. The summed E-state index contributed by atoms with van der Waals surface area (Å²) in [6.45, 7) is 12.8. The Morgan fingerprint density at radius 2 is 1.80 bits per heavy atom. The maximum Gasteiger partial charge on any atom is 0.234 e. The van der Waals surface area contributed by atoms with E-state index in [-0.39, 0.29) is 5.91 Å². The Morgan fingerprint density at radius 1 is 1.25 bits per heavy atom. The number of likely N-dealkylation sites (tertiary alicyclic amines) is 1. The molecule has 118 valence electrons. The Hall–Kier alpha value is -0.650. The molecule has 1 rings (SSSR count). The summed E-state index contributed by atoms with van der Waals surface area (Å²) in [4.78, 5) is 16.5. The van der Waals surface area contributed by atoms with Crippen LogP contribution >= 0.6 is 0 Å². The van der Waals surface area contributed by atoms with Crippen molar-refractivity contribution in [3.8, 4) is 0 Å². The van der Waals surface area contributed by atoms with Crippen LogP contribution in [0.15, 0.2) is 0 Å². The van der Waals surface area contributed by atoms with Crippen LogP contribution in [0.5, 0.6) is 0 Å². The van der Waals surface area contributed by atoms with Gasteiger partial charge in [0.15, 0.2) is 0 Å². The molecule has 0 spiro atoms. The van der Waals surface area contributed by atoms with Crippen molar-refractivity contribution in [1.82, 2.24) is 15.1 Å². The Bertz CT molecular complexity index is 278. The summed E-state index contributed by atoms with van der Waals surface area (Å²) in [5.41, 5.74) is 5.87. The van der Waals surface area contributed by atoms with Crippen LogP contribution in [-0.2, 0) is 4.79 Å². The third-order valence-corrected chi connectivity index (χ3v) is 4.02. The fourth-order valence-electron chi connectivity index (χ4n) is 2.81. The highest BCUT2D eigenvalue weighted by Gasteiger charge is 2.18. The maximum atomic E-state index is 11.9. The predicted octanol–water partition coefficient (Wildman–Crippen LogP) is 0.645. The van der Waals surface area contributed by atoms with E-state index in [1.165, 1.54) is 0 Å². The average Bonchev–Trinajstić information content (AvgIpc) is 2.36. The molecule has 0 bridgehead atoms. The molecule has 0 aromatic heterocycles. The lowest BCUT2D eigenvalue weighted by atomic mass is 10.1. The number of amides is 1. The predicted molar refractivity (Wildman–Crippen MR) is 83.6 cm³/mol. The topological polar surface area (TPSA) is 61.6 Å². The van der Waals surface area contributed by atoms with E-state index in [2.05, 4.69) is 42.8 Å². The van der Waals surface area contributed by atoms with Crippen LogP contribution in [0.3, 0.4) is 0 Å². The van der Waals surface area contributed by atoms with E-state index in [0.29, 0.717) is 24.7 Å². The van der Waals surface area contributed by atoms with Crippen LogP contribution in [0.2, 0.25) is 0 Å². The smallest absolute Gasteiger partial charge is 0.234 e. The first-order chi connectivity index (χ1) is 9.40. The van der Waals surface area contributed by atoms with Gasteiger partial charge in [-0.2, -0.15) is 0 Å². The van der Waals surface area contributed by atoms with Gasteiger partial charge in [0.25, 0.3) is 0 Å². The second kappa shape index (κ2) is 8.60. The van der Waals surface area contributed by atoms with Gasteiger partial charge in [-0.3, -0.25) is 14.6 Å². The highest BCUT2D eigenvalue weighted by molar-refractivity contribution is 5.78. The fraction of sp³-hybridized carbons (Fsp3) is 0.933. The number of carbonyl (C=O) groups excluding carboxylic acids is 1. The Balaban J connectivity index is 2.19. The summed E-state index contributed by atoms with van der Waals surface area (Å²) in [5, 5.41) is 3.03. The molecule has 0 atom stereocenters. The number of nitrogens with one attached hydrogen (secondary N) is 1. The third kappa shape index (κ3) is 6.20. The van der Waals surface area contributed by atoms with E-state index < -0.39 is 0 Å². The highest BCUT2D eigenvalue weighted by atomic mass is 16.2. The lowest BCUT2D eigenvalue weighted by Crippen LogP contribution is -2.46. The monoisotopic (exact) mass is 284 g/mol. The van der Waals surface area contributed by atoms with E-state index in [0.717, 1.165) is 39.0 Å². The van der Waals surface area contributed by atoms with Crippen LogP contribution < -0.4 is 11.1 Å². The normalized spacial score (nSPS) is 18.2. The number of hydrogen-bond donors (Lipinski definition) is 2. The molecule has 1 heterocycles. The summed E-state index contributed by atoms with van der Waals surface area (Å²) in [6.07, 6.45) is 2.00. The molecule has 3 N–H and O–H groups in total. The maximum absolute atomic E-state index is 11.9. The number of carbonyl (C=O) groups is 1. The Kier molecular flexibility index (Phi) is 7.48. The molecular weight excluding hydrogens is 252 g/mol. The highest BCUT2D eigenvalue weighted by Crippen LogP contribution is 2.07. The van der Waals surface area contributed by atoms with Crippen LogP contribution in [-0.4, -0.2) is 66.6 Å². The van der Waals surface area contributed by atoms with Gasteiger partial charge in [-0.05, 0) is 40.5 Å². The molecule has 1 saturated heterocycles. The zero-order valence-corrected chi connectivity index (χ0v) is 13.6. The van der Waals surface area contributed by atoms with Gasteiger partial charge in [0.05, 0.1) is 6.54 Å². The fourth-order valence-corrected chi connectivity index (χ4v) is 2.81. The first-order valence-electron chi connectivity index (χ1n) is 7.90. The summed E-state index contributed by atoms with van der Waals surface area (Å²) < 4.78 is 0. The van der Waals surface area contributed by atoms with Gasteiger partial charge in [0.1, 0.15) is 0 Å². The molecule has 0 aromatic rings. The number of hydrogen-bond acceptors (Lipinski definition) is 4.